The lowest BCUT2D eigenvalue weighted by Crippen LogP contribution is -2.33. The smallest absolute Gasteiger partial charge is 0.410 e. The van der Waals surface area contributed by atoms with Gasteiger partial charge in [0.2, 0.25) is 0 Å². The zero-order valence-electron chi connectivity index (χ0n) is 18.9. The van der Waals surface area contributed by atoms with E-state index in [4.69, 9.17) is 4.74 Å². The van der Waals surface area contributed by atoms with Crippen LogP contribution < -0.4 is 5.43 Å². The minimum Gasteiger partial charge on any atom is -0.444 e. The predicted molar refractivity (Wildman–Crippen MR) is 127 cm³/mol. The summed E-state index contributed by atoms with van der Waals surface area (Å²) in [6, 6.07) is 2.10. The molecule has 0 atom stereocenters. The van der Waals surface area contributed by atoms with Crippen LogP contribution in [0, 0.1) is 0 Å². The summed E-state index contributed by atoms with van der Waals surface area (Å²) in [5, 5.41) is 5.02. The monoisotopic (exact) mass is 460 g/mol. The summed E-state index contributed by atoms with van der Waals surface area (Å²) < 4.78 is 6.35. The summed E-state index contributed by atoms with van der Waals surface area (Å²) in [6.45, 7) is 12.5. The minimum atomic E-state index is -0.523. The van der Waals surface area contributed by atoms with Gasteiger partial charge in [0, 0.05) is 23.0 Å². The quantitative estimate of drug-likeness (QED) is 0.412. The average Bonchev–Trinajstić information content (AvgIpc) is 3.27. The normalized spacial score (nSPS) is 12.5. The number of fused-ring (bicyclic) bond motifs is 1. The summed E-state index contributed by atoms with van der Waals surface area (Å²) in [5.41, 5.74) is 3.44. The van der Waals surface area contributed by atoms with Gasteiger partial charge in [-0.1, -0.05) is 20.8 Å². The molecule has 166 valence electrons. The third-order valence-electron chi connectivity index (χ3n) is 4.07. The van der Waals surface area contributed by atoms with Gasteiger partial charge in [-0.05, 0) is 32.3 Å². The van der Waals surface area contributed by atoms with E-state index >= 15 is 0 Å². The van der Waals surface area contributed by atoms with Crippen molar-refractivity contribution in [3.8, 4) is 0 Å². The highest BCUT2D eigenvalue weighted by atomic mass is 32.1. The number of anilines is 1. The molecule has 0 aliphatic heterocycles. The van der Waals surface area contributed by atoms with Crippen LogP contribution in [0.25, 0.3) is 10.2 Å². The van der Waals surface area contributed by atoms with E-state index in [1.54, 1.807) is 30.8 Å². The first-order chi connectivity index (χ1) is 14.4. The number of hydrogen-bond acceptors (Lipinski definition) is 9. The van der Waals surface area contributed by atoms with E-state index in [9.17, 15) is 4.79 Å². The van der Waals surface area contributed by atoms with Crippen molar-refractivity contribution < 1.29 is 9.53 Å². The molecule has 0 unspecified atom stereocenters. The molecule has 0 bridgehead atoms. The third kappa shape index (κ3) is 6.20. The van der Waals surface area contributed by atoms with E-state index in [1.165, 1.54) is 27.4 Å². The van der Waals surface area contributed by atoms with E-state index in [1.807, 2.05) is 20.8 Å². The summed E-state index contributed by atoms with van der Waals surface area (Å²) in [6.07, 6.45) is 4.56. The van der Waals surface area contributed by atoms with E-state index < -0.39 is 5.60 Å². The van der Waals surface area contributed by atoms with Crippen molar-refractivity contribution in [2.45, 2.75) is 59.1 Å². The fraction of sp³-hybridized carbons (Fsp3) is 0.476. The molecule has 0 aliphatic carbocycles. The van der Waals surface area contributed by atoms with Crippen LogP contribution in [-0.2, 0) is 16.7 Å². The maximum Gasteiger partial charge on any atom is 0.410 e. The molecule has 10 heteroatoms. The second kappa shape index (κ2) is 8.88. The molecule has 0 saturated heterocycles. The number of carbonyl (C=O) groups excluding carboxylic acids is 1. The van der Waals surface area contributed by atoms with Gasteiger partial charge in [-0.2, -0.15) is 5.10 Å². The van der Waals surface area contributed by atoms with Crippen LogP contribution in [0.15, 0.2) is 23.7 Å². The van der Waals surface area contributed by atoms with Crippen molar-refractivity contribution in [1.82, 2.24) is 19.9 Å². The Bertz CT molecular complexity index is 1090. The Hall–Kier alpha value is -2.59. The predicted octanol–water partition coefficient (Wildman–Crippen LogP) is 5.26. The van der Waals surface area contributed by atoms with Gasteiger partial charge in [0.1, 0.15) is 16.9 Å². The summed E-state index contributed by atoms with van der Waals surface area (Å²) in [5.74, 6) is 0.670. The number of amides is 1. The molecule has 1 amide bonds. The number of thiazole rings is 1. The lowest BCUT2D eigenvalue weighted by Gasteiger charge is -2.24. The van der Waals surface area contributed by atoms with E-state index in [-0.39, 0.29) is 11.5 Å². The number of aromatic nitrogens is 3. The number of hydrogen-bond donors (Lipinski definition) is 1. The zero-order chi connectivity index (χ0) is 22.8. The molecule has 31 heavy (non-hydrogen) atoms. The van der Waals surface area contributed by atoms with Crippen LogP contribution in [0.5, 0.6) is 0 Å². The van der Waals surface area contributed by atoms with Gasteiger partial charge < -0.3 is 9.64 Å². The van der Waals surface area contributed by atoms with Crippen molar-refractivity contribution in [1.29, 1.82) is 0 Å². The van der Waals surface area contributed by atoms with Crippen molar-refractivity contribution in [2.24, 2.45) is 5.10 Å². The number of nitrogens with zero attached hydrogens (tertiary/aromatic N) is 5. The number of carbonyl (C=O) groups is 1. The molecule has 3 rings (SSSR count). The van der Waals surface area contributed by atoms with E-state index in [2.05, 4.69) is 52.3 Å². The molecule has 0 aliphatic rings. The van der Waals surface area contributed by atoms with Crippen LogP contribution in [0.4, 0.5) is 10.6 Å². The molecule has 0 saturated carbocycles. The summed E-state index contributed by atoms with van der Waals surface area (Å²) in [4.78, 5) is 28.9. The van der Waals surface area contributed by atoms with Crippen LogP contribution in [0.3, 0.4) is 0 Å². The molecule has 1 N–H and O–H groups in total. The Morgan fingerprint density at radius 2 is 1.94 bits per heavy atom. The molecule has 0 spiro atoms. The van der Waals surface area contributed by atoms with Gasteiger partial charge in [0.25, 0.3) is 0 Å². The fourth-order valence-corrected chi connectivity index (χ4v) is 4.50. The third-order valence-corrected chi connectivity index (χ3v) is 6.54. The highest BCUT2D eigenvalue weighted by molar-refractivity contribution is 7.19. The van der Waals surface area contributed by atoms with Crippen LogP contribution >= 0.6 is 22.7 Å². The molecule has 3 aromatic rings. The van der Waals surface area contributed by atoms with Gasteiger partial charge >= 0.3 is 6.09 Å². The van der Waals surface area contributed by atoms with Crippen LogP contribution in [0.2, 0.25) is 0 Å². The SMILES string of the molecule is CN(Cc1cnc(C=NNc2ncnc3cc(C(C)(C)C)sc23)s1)C(=O)OC(C)(C)C. The van der Waals surface area contributed by atoms with Crippen molar-refractivity contribution in [3.05, 3.63) is 33.4 Å². The maximum absolute atomic E-state index is 12.1. The number of hydrazone groups is 1. The van der Waals surface area contributed by atoms with Gasteiger partial charge in [-0.15, -0.1) is 22.7 Å². The topological polar surface area (TPSA) is 92.6 Å². The average molecular weight is 461 g/mol. The van der Waals surface area contributed by atoms with Crippen LogP contribution in [0.1, 0.15) is 56.3 Å². The van der Waals surface area contributed by atoms with Gasteiger partial charge in [0.15, 0.2) is 5.82 Å². The molecule has 0 aromatic carbocycles. The van der Waals surface area contributed by atoms with Crippen molar-refractivity contribution >= 4 is 51.0 Å². The first-order valence-corrected chi connectivity index (χ1v) is 11.5. The summed E-state index contributed by atoms with van der Waals surface area (Å²) >= 11 is 3.13. The first kappa shape index (κ1) is 23.1. The lowest BCUT2D eigenvalue weighted by atomic mass is 9.95. The first-order valence-electron chi connectivity index (χ1n) is 9.85. The maximum atomic E-state index is 12.1. The Morgan fingerprint density at radius 1 is 1.19 bits per heavy atom. The molecule has 0 fully saturated rings. The second-order valence-electron chi connectivity index (χ2n) is 9.17. The number of rotatable bonds is 5. The van der Waals surface area contributed by atoms with Crippen molar-refractivity contribution in [3.63, 3.8) is 0 Å². The van der Waals surface area contributed by atoms with E-state index in [0.717, 1.165) is 20.1 Å². The molecule has 3 heterocycles. The fourth-order valence-electron chi connectivity index (χ4n) is 2.55. The Morgan fingerprint density at radius 3 is 2.61 bits per heavy atom. The van der Waals surface area contributed by atoms with Gasteiger partial charge in [-0.3, -0.25) is 5.43 Å². The number of ether oxygens (including phenoxy) is 1. The van der Waals surface area contributed by atoms with E-state index in [0.29, 0.717) is 12.4 Å². The molecular formula is C21H28N6O2S2. The summed E-state index contributed by atoms with van der Waals surface area (Å²) in [7, 11) is 1.70. The van der Waals surface area contributed by atoms with Crippen LogP contribution in [-0.4, -0.2) is 44.8 Å². The molecule has 3 aromatic heterocycles. The Labute approximate surface area is 190 Å². The highest BCUT2D eigenvalue weighted by Gasteiger charge is 2.20. The molecule has 0 radical (unpaired) electrons. The lowest BCUT2D eigenvalue weighted by molar-refractivity contribution is 0.0286. The Kier molecular flexibility index (Phi) is 6.61. The number of nitrogens with one attached hydrogen (secondary N) is 1. The van der Waals surface area contributed by atoms with Gasteiger partial charge in [0.05, 0.1) is 23.0 Å². The van der Waals surface area contributed by atoms with Gasteiger partial charge in [-0.25, -0.2) is 19.7 Å². The van der Waals surface area contributed by atoms with Crippen molar-refractivity contribution in [2.75, 3.05) is 12.5 Å². The Balaban J connectivity index is 1.64. The molecule has 8 nitrogen and oxygen atoms in total. The second-order valence-corrected chi connectivity index (χ2v) is 11.4. The largest absolute Gasteiger partial charge is 0.444 e. The highest BCUT2D eigenvalue weighted by Crippen LogP contribution is 2.35. The zero-order valence-corrected chi connectivity index (χ0v) is 20.5. The number of thiophene rings is 1. The minimum absolute atomic E-state index is 0.0512. The molecular weight excluding hydrogens is 432 g/mol. The standard InChI is InChI=1S/C21H28N6O2S2/c1-20(2,3)15-8-14-17(31-15)18(24-12-23-14)26-25-10-16-22-9-13(30-16)11-27(7)19(28)29-21(4,5)6/h8-10,12H,11H2,1-7H3,(H,23,24,26).